The van der Waals surface area contributed by atoms with Gasteiger partial charge in [0.15, 0.2) is 17.5 Å². The van der Waals surface area contributed by atoms with Crippen LogP contribution in [0.4, 0.5) is 5.69 Å². The Morgan fingerprint density at radius 1 is 1.07 bits per heavy atom. The van der Waals surface area contributed by atoms with Gasteiger partial charge in [-0.1, -0.05) is 0 Å². The number of nitriles is 1. The normalized spacial score (nSPS) is 19.4. The molecule has 1 saturated heterocycles. The van der Waals surface area contributed by atoms with Crippen LogP contribution in [0.25, 0.3) is 0 Å². The molecule has 158 valence electrons. The molecule has 0 radical (unpaired) electrons. The molecule has 1 amide bonds. The molecule has 3 N–H and O–H groups in total. The van der Waals surface area contributed by atoms with Gasteiger partial charge in [0.05, 0.1) is 25.9 Å². The van der Waals surface area contributed by atoms with Crippen molar-refractivity contribution in [2.24, 2.45) is 0 Å². The zero-order valence-electron chi connectivity index (χ0n) is 17.8. The molecule has 7 heteroatoms. The maximum Gasteiger partial charge on any atom is 0.282 e. The van der Waals surface area contributed by atoms with Crippen molar-refractivity contribution >= 4 is 11.6 Å². The van der Waals surface area contributed by atoms with Crippen molar-refractivity contribution in [3.63, 3.8) is 0 Å². The zero-order valence-corrected chi connectivity index (χ0v) is 17.8. The first-order chi connectivity index (χ1) is 14.5. The third-order valence-electron chi connectivity index (χ3n) is 5.79. The lowest BCUT2D eigenvalue weighted by Crippen LogP contribution is -3.29. The molecule has 0 bridgehead atoms. The summed E-state index contributed by atoms with van der Waals surface area (Å²) in [6.45, 7) is 6.83. The van der Waals surface area contributed by atoms with Crippen molar-refractivity contribution in [3.8, 4) is 17.6 Å². The summed E-state index contributed by atoms with van der Waals surface area (Å²) in [5.41, 5.74) is 2.53. The van der Waals surface area contributed by atoms with E-state index in [2.05, 4.69) is 17.5 Å². The molecule has 0 aliphatic carbocycles. The highest BCUT2D eigenvalue weighted by atomic mass is 16.5. The number of amides is 1. The fraction of sp³-hybridized carbons (Fsp3) is 0.391. The molecular weight excluding hydrogens is 380 g/mol. The third kappa shape index (κ3) is 5.29. The first-order valence-electron chi connectivity index (χ1n) is 10.2. The summed E-state index contributed by atoms with van der Waals surface area (Å²) in [4.78, 5) is 15.4. The van der Waals surface area contributed by atoms with Gasteiger partial charge in [0.2, 0.25) is 0 Å². The van der Waals surface area contributed by atoms with E-state index in [4.69, 9.17) is 14.7 Å². The molecule has 1 fully saturated rings. The number of anilines is 1. The van der Waals surface area contributed by atoms with E-state index in [1.54, 1.807) is 38.5 Å². The van der Waals surface area contributed by atoms with Crippen LogP contribution in [-0.2, 0) is 11.3 Å². The van der Waals surface area contributed by atoms with Gasteiger partial charge in [-0.25, -0.2) is 0 Å². The summed E-state index contributed by atoms with van der Waals surface area (Å²) in [5, 5.41) is 11.8. The fourth-order valence-electron chi connectivity index (χ4n) is 3.88. The van der Waals surface area contributed by atoms with Gasteiger partial charge in [0.1, 0.15) is 32.7 Å². The number of carbonyl (C=O) groups is 1. The Morgan fingerprint density at radius 2 is 1.73 bits per heavy atom. The van der Waals surface area contributed by atoms with E-state index in [-0.39, 0.29) is 11.9 Å². The van der Waals surface area contributed by atoms with Crippen LogP contribution < -0.4 is 24.6 Å². The summed E-state index contributed by atoms with van der Waals surface area (Å²) in [7, 11) is 3.30. The predicted molar refractivity (Wildman–Crippen MR) is 114 cm³/mol. The van der Waals surface area contributed by atoms with Crippen molar-refractivity contribution < 1.29 is 24.1 Å². The zero-order chi connectivity index (χ0) is 21.5. The van der Waals surface area contributed by atoms with Gasteiger partial charge >= 0.3 is 0 Å². The standard InChI is InChI=1S/C23H28N4O3/c1-17(23(28)25-20-7-4-18(15-24)5-8-20)27-12-10-26(11-13-27)16-19-6-9-21(29-2)22(14-19)30-3/h4-9,14,17H,10-13,16H2,1-3H3,(H,25,28)/p+2/t17-/m0/s1. The number of methoxy groups -OCH3 is 2. The fourth-order valence-corrected chi connectivity index (χ4v) is 3.88. The number of carbonyl (C=O) groups excluding carboxylic acids is 1. The summed E-state index contributed by atoms with van der Waals surface area (Å²) < 4.78 is 10.7. The van der Waals surface area contributed by atoms with Crippen LogP contribution in [0.1, 0.15) is 18.1 Å². The van der Waals surface area contributed by atoms with Crippen LogP contribution >= 0.6 is 0 Å². The van der Waals surface area contributed by atoms with Gasteiger partial charge in [-0.2, -0.15) is 5.26 Å². The van der Waals surface area contributed by atoms with Gasteiger partial charge in [-0.3, -0.25) is 4.79 Å². The largest absolute Gasteiger partial charge is 0.493 e. The average molecular weight is 411 g/mol. The second-order valence-electron chi connectivity index (χ2n) is 7.67. The lowest BCUT2D eigenvalue weighted by molar-refractivity contribution is -1.02. The summed E-state index contributed by atoms with van der Waals surface area (Å²) in [6.07, 6.45) is 0. The molecule has 0 unspecified atom stereocenters. The summed E-state index contributed by atoms with van der Waals surface area (Å²) in [5.74, 6) is 1.51. The highest BCUT2D eigenvalue weighted by Crippen LogP contribution is 2.27. The average Bonchev–Trinajstić information content (AvgIpc) is 2.79. The van der Waals surface area contributed by atoms with Gasteiger partial charge in [-0.05, 0) is 49.4 Å². The molecule has 0 saturated carbocycles. The van der Waals surface area contributed by atoms with Crippen molar-refractivity contribution in [1.29, 1.82) is 5.26 Å². The van der Waals surface area contributed by atoms with Crippen LogP contribution in [0.15, 0.2) is 42.5 Å². The minimum Gasteiger partial charge on any atom is -0.493 e. The number of rotatable bonds is 7. The Kier molecular flexibility index (Phi) is 7.28. The molecule has 0 spiro atoms. The van der Waals surface area contributed by atoms with E-state index in [1.807, 2.05) is 19.1 Å². The molecule has 30 heavy (non-hydrogen) atoms. The summed E-state index contributed by atoms with van der Waals surface area (Å²) in [6, 6.07) is 15.0. The van der Waals surface area contributed by atoms with E-state index in [0.717, 1.165) is 49.9 Å². The van der Waals surface area contributed by atoms with E-state index in [0.29, 0.717) is 5.56 Å². The smallest absolute Gasteiger partial charge is 0.282 e. The number of hydrogen-bond donors (Lipinski definition) is 3. The number of ether oxygens (including phenoxy) is 2. The van der Waals surface area contributed by atoms with Crippen LogP contribution in [0, 0.1) is 11.3 Å². The molecule has 2 aromatic carbocycles. The Bertz CT molecular complexity index is 900. The van der Waals surface area contributed by atoms with Gasteiger partial charge in [-0.15, -0.1) is 0 Å². The van der Waals surface area contributed by atoms with E-state index < -0.39 is 0 Å². The Labute approximate surface area is 177 Å². The molecule has 1 atom stereocenters. The number of benzene rings is 2. The van der Waals surface area contributed by atoms with Crippen LogP contribution in [-0.4, -0.2) is 52.3 Å². The van der Waals surface area contributed by atoms with E-state index in [1.165, 1.54) is 15.4 Å². The molecule has 1 heterocycles. The minimum absolute atomic E-state index is 0.0121. The van der Waals surface area contributed by atoms with Crippen LogP contribution in [0.3, 0.4) is 0 Å². The van der Waals surface area contributed by atoms with Gasteiger partial charge in [0.25, 0.3) is 5.91 Å². The van der Waals surface area contributed by atoms with Crippen molar-refractivity contribution in [3.05, 3.63) is 53.6 Å². The van der Waals surface area contributed by atoms with Gasteiger partial charge < -0.3 is 24.6 Å². The number of quaternary nitrogens is 2. The first-order valence-corrected chi connectivity index (χ1v) is 10.2. The lowest BCUT2D eigenvalue weighted by Gasteiger charge is -2.32. The topological polar surface area (TPSA) is 80.2 Å². The van der Waals surface area contributed by atoms with E-state index >= 15 is 0 Å². The maximum atomic E-state index is 12.6. The minimum atomic E-state index is -0.122. The molecule has 1 aliphatic rings. The second-order valence-corrected chi connectivity index (χ2v) is 7.67. The molecule has 3 rings (SSSR count). The van der Waals surface area contributed by atoms with E-state index in [9.17, 15) is 4.79 Å². The van der Waals surface area contributed by atoms with Crippen LogP contribution in [0.2, 0.25) is 0 Å². The van der Waals surface area contributed by atoms with Gasteiger partial charge in [0, 0.05) is 11.3 Å². The monoisotopic (exact) mass is 410 g/mol. The Balaban J connectivity index is 1.50. The van der Waals surface area contributed by atoms with Crippen molar-refractivity contribution in [1.82, 2.24) is 0 Å². The quantitative estimate of drug-likeness (QED) is 0.595. The van der Waals surface area contributed by atoms with Crippen LogP contribution in [0.5, 0.6) is 11.5 Å². The molecule has 0 aromatic heterocycles. The molecule has 1 aliphatic heterocycles. The molecular formula is C23H30N4O3+2. The molecule has 7 nitrogen and oxygen atoms in total. The summed E-state index contributed by atoms with van der Waals surface area (Å²) >= 11 is 0. The Hall–Kier alpha value is -3.08. The number of hydrogen-bond acceptors (Lipinski definition) is 4. The maximum absolute atomic E-state index is 12.6. The van der Waals surface area contributed by atoms with Crippen molar-refractivity contribution in [2.45, 2.75) is 19.5 Å². The highest BCUT2D eigenvalue weighted by Gasteiger charge is 2.31. The number of nitrogens with one attached hydrogen (secondary N) is 3. The highest BCUT2D eigenvalue weighted by molar-refractivity contribution is 5.93. The number of piperazine rings is 1. The SMILES string of the molecule is COc1ccc(C[NH+]2CC[NH+]([C@@H](C)C(=O)Nc3ccc(C#N)cc3)CC2)cc1OC. The number of nitrogens with zero attached hydrogens (tertiary/aromatic N) is 1. The third-order valence-corrected chi connectivity index (χ3v) is 5.79. The predicted octanol–water partition coefficient (Wildman–Crippen LogP) is -0.114. The second kappa shape index (κ2) is 10.1. The molecule has 2 aromatic rings. The first kappa shape index (κ1) is 21.6. The Morgan fingerprint density at radius 3 is 2.33 bits per heavy atom. The lowest BCUT2D eigenvalue weighted by atomic mass is 10.1. The van der Waals surface area contributed by atoms with Crippen molar-refractivity contribution in [2.75, 3.05) is 45.7 Å².